The molecule has 0 saturated heterocycles. The van der Waals surface area contributed by atoms with Crippen molar-refractivity contribution in [2.24, 2.45) is 0 Å². The minimum atomic E-state index is -0.403. The van der Waals surface area contributed by atoms with Crippen LogP contribution in [0.2, 0.25) is 0 Å². The number of anilines is 1. The zero-order valence-electron chi connectivity index (χ0n) is 13.9. The fraction of sp³-hybridized carbons (Fsp3) is 0.211. The Morgan fingerprint density at radius 1 is 1.12 bits per heavy atom. The highest BCUT2D eigenvalue weighted by Gasteiger charge is 2.17. The fourth-order valence-electron chi connectivity index (χ4n) is 2.91. The quantitative estimate of drug-likeness (QED) is 0.734. The molecule has 1 aliphatic heterocycles. The van der Waals surface area contributed by atoms with Gasteiger partial charge in [-0.3, -0.25) is 0 Å². The van der Waals surface area contributed by atoms with Crippen molar-refractivity contribution in [1.82, 2.24) is 0 Å². The normalized spacial score (nSPS) is 12.4. The van der Waals surface area contributed by atoms with E-state index in [4.69, 9.17) is 18.6 Å². The van der Waals surface area contributed by atoms with Gasteiger partial charge in [-0.05, 0) is 36.2 Å². The molecule has 0 spiro atoms. The SMILES string of the molecule is COc1ccc(C)cc1NCc1cc(=O)oc2cc3c(cc12)OCO3. The first-order valence-corrected chi connectivity index (χ1v) is 7.89. The fourth-order valence-corrected chi connectivity index (χ4v) is 2.91. The highest BCUT2D eigenvalue weighted by molar-refractivity contribution is 5.84. The third-order valence-corrected chi connectivity index (χ3v) is 4.15. The van der Waals surface area contributed by atoms with Gasteiger partial charge in [0.15, 0.2) is 11.5 Å². The third-order valence-electron chi connectivity index (χ3n) is 4.15. The summed E-state index contributed by atoms with van der Waals surface area (Å²) in [5, 5.41) is 4.14. The summed E-state index contributed by atoms with van der Waals surface area (Å²) >= 11 is 0. The van der Waals surface area contributed by atoms with Crippen molar-refractivity contribution < 1.29 is 18.6 Å². The van der Waals surface area contributed by atoms with Crippen LogP contribution in [0.3, 0.4) is 0 Å². The number of aryl methyl sites for hydroxylation is 1. The predicted molar refractivity (Wildman–Crippen MR) is 93.7 cm³/mol. The third kappa shape index (κ3) is 2.87. The van der Waals surface area contributed by atoms with Gasteiger partial charge < -0.3 is 23.9 Å². The van der Waals surface area contributed by atoms with Gasteiger partial charge >= 0.3 is 5.63 Å². The molecule has 0 radical (unpaired) electrons. The largest absolute Gasteiger partial charge is 0.495 e. The summed E-state index contributed by atoms with van der Waals surface area (Å²) in [6, 6.07) is 10.9. The van der Waals surface area contributed by atoms with Crippen molar-refractivity contribution in [2.45, 2.75) is 13.5 Å². The summed E-state index contributed by atoms with van der Waals surface area (Å²) in [6.45, 7) is 2.63. The van der Waals surface area contributed by atoms with Gasteiger partial charge in [-0.25, -0.2) is 4.79 Å². The van der Waals surface area contributed by atoms with E-state index in [1.54, 1.807) is 13.2 Å². The lowest BCUT2D eigenvalue weighted by atomic mass is 10.1. The van der Waals surface area contributed by atoms with E-state index < -0.39 is 5.63 Å². The van der Waals surface area contributed by atoms with Gasteiger partial charge in [-0.15, -0.1) is 0 Å². The Labute approximate surface area is 143 Å². The monoisotopic (exact) mass is 339 g/mol. The van der Waals surface area contributed by atoms with E-state index in [1.165, 1.54) is 6.07 Å². The molecule has 1 N–H and O–H groups in total. The number of methoxy groups -OCH3 is 1. The Morgan fingerprint density at radius 2 is 1.92 bits per heavy atom. The molecular formula is C19H17NO5. The van der Waals surface area contributed by atoms with E-state index in [9.17, 15) is 4.79 Å². The minimum absolute atomic E-state index is 0.171. The number of rotatable bonds is 4. The summed E-state index contributed by atoms with van der Waals surface area (Å²) < 4.78 is 21.4. The molecule has 0 aliphatic carbocycles. The molecule has 0 atom stereocenters. The number of ether oxygens (including phenoxy) is 3. The van der Waals surface area contributed by atoms with Gasteiger partial charge in [0.2, 0.25) is 6.79 Å². The Kier molecular flexibility index (Phi) is 3.72. The van der Waals surface area contributed by atoms with Gasteiger partial charge in [0.25, 0.3) is 0 Å². The molecule has 6 nitrogen and oxygen atoms in total. The maximum Gasteiger partial charge on any atom is 0.336 e. The zero-order chi connectivity index (χ0) is 17.4. The number of hydrogen-bond donors (Lipinski definition) is 1. The first kappa shape index (κ1) is 15.4. The summed E-state index contributed by atoms with van der Waals surface area (Å²) in [5.41, 5.74) is 2.87. The second-order valence-corrected chi connectivity index (χ2v) is 5.85. The lowest BCUT2D eigenvalue weighted by Crippen LogP contribution is -2.06. The standard InChI is InChI=1S/C19H17NO5/c1-11-3-4-15(22-2)14(5-11)20-9-12-6-19(21)25-16-8-18-17(7-13(12)16)23-10-24-18/h3-8,20H,9-10H2,1-2H3. The van der Waals surface area contributed by atoms with E-state index in [0.29, 0.717) is 23.6 Å². The Hall–Kier alpha value is -3.15. The summed E-state index contributed by atoms with van der Waals surface area (Å²) in [5.74, 6) is 1.98. The van der Waals surface area contributed by atoms with Crippen LogP contribution < -0.4 is 25.2 Å². The van der Waals surface area contributed by atoms with Gasteiger partial charge in [0.05, 0.1) is 12.8 Å². The Bertz CT molecular complexity index is 1010. The lowest BCUT2D eigenvalue weighted by molar-refractivity contribution is 0.174. The van der Waals surface area contributed by atoms with E-state index in [2.05, 4.69) is 5.32 Å². The second-order valence-electron chi connectivity index (χ2n) is 5.85. The van der Waals surface area contributed by atoms with Crippen LogP contribution in [0, 0.1) is 6.92 Å². The molecule has 2 heterocycles. The average Bonchev–Trinajstić information content (AvgIpc) is 3.05. The summed E-state index contributed by atoms with van der Waals surface area (Å²) in [4.78, 5) is 11.9. The van der Waals surface area contributed by atoms with E-state index in [1.807, 2.05) is 31.2 Å². The predicted octanol–water partition coefficient (Wildman–Crippen LogP) is 3.45. The van der Waals surface area contributed by atoms with Crippen molar-refractivity contribution in [1.29, 1.82) is 0 Å². The van der Waals surface area contributed by atoms with Crippen molar-refractivity contribution in [3.05, 3.63) is 57.9 Å². The summed E-state index contributed by atoms with van der Waals surface area (Å²) in [7, 11) is 1.63. The smallest absolute Gasteiger partial charge is 0.336 e. The maximum atomic E-state index is 11.9. The number of nitrogens with one attached hydrogen (secondary N) is 1. The highest BCUT2D eigenvalue weighted by Crippen LogP contribution is 2.37. The molecular weight excluding hydrogens is 322 g/mol. The van der Waals surface area contributed by atoms with Gasteiger partial charge in [0, 0.05) is 24.1 Å². The second kappa shape index (κ2) is 6.05. The van der Waals surface area contributed by atoms with Crippen LogP contribution in [-0.2, 0) is 6.54 Å². The van der Waals surface area contributed by atoms with Gasteiger partial charge in [-0.1, -0.05) is 6.07 Å². The van der Waals surface area contributed by atoms with E-state index in [0.717, 1.165) is 28.0 Å². The molecule has 1 aliphatic rings. The van der Waals surface area contributed by atoms with Crippen molar-refractivity contribution in [3.63, 3.8) is 0 Å². The van der Waals surface area contributed by atoms with Crippen LogP contribution in [0.15, 0.2) is 45.6 Å². The van der Waals surface area contributed by atoms with Gasteiger partial charge in [0.1, 0.15) is 11.3 Å². The molecule has 0 bridgehead atoms. The first-order chi connectivity index (χ1) is 12.1. The molecule has 128 valence electrons. The van der Waals surface area contributed by atoms with Crippen LogP contribution in [0.1, 0.15) is 11.1 Å². The van der Waals surface area contributed by atoms with Crippen LogP contribution in [0.25, 0.3) is 11.0 Å². The highest BCUT2D eigenvalue weighted by atomic mass is 16.7. The molecule has 6 heteroatoms. The van der Waals surface area contributed by atoms with Crippen LogP contribution in [-0.4, -0.2) is 13.9 Å². The molecule has 0 unspecified atom stereocenters. The molecule has 2 aromatic carbocycles. The number of fused-ring (bicyclic) bond motifs is 2. The Morgan fingerprint density at radius 3 is 2.72 bits per heavy atom. The molecule has 0 amide bonds. The van der Waals surface area contributed by atoms with E-state index in [-0.39, 0.29) is 6.79 Å². The van der Waals surface area contributed by atoms with Crippen molar-refractivity contribution >= 4 is 16.7 Å². The molecule has 25 heavy (non-hydrogen) atoms. The lowest BCUT2D eigenvalue weighted by Gasteiger charge is -2.13. The van der Waals surface area contributed by atoms with Crippen molar-refractivity contribution in [2.75, 3.05) is 19.2 Å². The maximum absolute atomic E-state index is 11.9. The molecule has 3 aromatic rings. The molecule has 1 aromatic heterocycles. The Balaban J connectivity index is 1.72. The topological polar surface area (TPSA) is 69.9 Å². The number of benzene rings is 2. The van der Waals surface area contributed by atoms with Crippen LogP contribution in [0.4, 0.5) is 5.69 Å². The first-order valence-electron chi connectivity index (χ1n) is 7.89. The summed E-state index contributed by atoms with van der Waals surface area (Å²) in [6.07, 6.45) is 0. The average molecular weight is 339 g/mol. The number of hydrogen-bond acceptors (Lipinski definition) is 6. The van der Waals surface area contributed by atoms with Gasteiger partial charge in [-0.2, -0.15) is 0 Å². The minimum Gasteiger partial charge on any atom is -0.495 e. The van der Waals surface area contributed by atoms with Crippen LogP contribution in [0.5, 0.6) is 17.2 Å². The molecule has 4 rings (SSSR count). The molecule has 0 saturated carbocycles. The van der Waals surface area contributed by atoms with Crippen LogP contribution >= 0.6 is 0 Å². The molecule has 0 fully saturated rings. The van der Waals surface area contributed by atoms with Crippen molar-refractivity contribution in [3.8, 4) is 17.2 Å². The zero-order valence-corrected chi connectivity index (χ0v) is 13.9. The van der Waals surface area contributed by atoms with E-state index >= 15 is 0 Å².